The first-order chi connectivity index (χ1) is 11.2. The van der Waals surface area contributed by atoms with Gasteiger partial charge in [-0.3, -0.25) is 9.69 Å². The highest BCUT2D eigenvalue weighted by atomic mass is 32.1. The number of aliphatic carboxylic acids is 1. The van der Waals surface area contributed by atoms with Gasteiger partial charge in [0.1, 0.15) is 5.01 Å². The molecule has 6 heteroatoms. The van der Waals surface area contributed by atoms with E-state index in [2.05, 4.69) is 16.3 Å². The Morgan fingerprint density at radius 1 is 1.48 bits per heavy atom. The van der Waals surface area contributed by atoms with Crippen LogP contribution in [0, 0.1) is 5.41 Å². The van der Waals surface area contributed by atoms with E-state index in [0.717, 1.165) is 49.4 Å². The molecule has 5 nitrogen and oxygen atoms in total. The smallest absolute Gasteiger partial charge is 0.312 e. The van der Waals surface area contributed by atoms with E-state index in [1.54, 1.807) is 11.3 Å². The van der Waals surface area contributed by atoms with Gasteiger partial charge >= 0.3 is 5.97 Å². The Morgan fingerprint density at radius 3 is 3.17 bits per heavy atom. The minimum atomic E-state index is -0.649. The molecular weight excluding hydrogens is 310 g/mol. The molecule has 2 fully saturated rings. The maximum Gasteiger partial charge on any atom is 0.312 e. The summed E-state index contributed by atoms with van der Waals surface area (Å²) in [7, 11) is 0. The molecule has 4 rings (SSSR count). The molecule has 2 aromatic rings. The molecule has 0 radical (unpaired) electrons. The van der Waals surface area contributed by atoms with Gasteiger partial charge in [-0.2, -0.15) is 0 Å². The molecule has 2 N–H and O–H groups in total. The number of benzene rings is 1. The van der Waals surface area contributed by atoms with E-state index in [1.807, 2.05) is 18.2 Å². The largest absolute Gasteiger partial charge is 0.481 e. The monoisotopic (exact) mass is 331 g/mol. The van der Waals surface area contributed by atoms with E-state index in [1.165, 1.54) is 4.70 Å². The van der Waals surface area contributed by atoms with Crippen LogP contribution in [0.5, 0.6) is 0 Å². The number of nitrogens with zero attached hydrogens (tertiary/aromatic N) is 2. The second-order valence-corrected chi connectivity index (χ2v) is 7.76. The quantitative estimate of drug-likeness (QED) is 0.904. The Balaban J connectivity index is 1.54. The van der Waals surface area contributed by atoms with E-state index in [0.29, 0.717) is 6.54 Å². The maximum absolute atomic E-state index is 12.0. The average Bonchev–Trinajstić information content (AvgIpc) is 2.96. The van der Waals surface area contributed by atoms with Crippen LogP contribution in [0.4, 0.5) is 0 Å². The first kappa shape index (κ1) is 15.1. The average molecular weight is 331 g/mol. The number of nitrogens with one attached hydrogen (secondary N) is 1. The minimum absolute atomic E-state index is 0.111. The second kappa shape index (κ2) is 5.85. The van der Waals surface area contributed by atoms with Crippen LogP contribution in [0.1, 0.15) is 24.3 Å². The van der Waals surface area contributed by atoms with Gasteiger partial charge in [0.2, 0.25) is 0 Å². The van der Waals surface area contributed by atoms with Gasteiger partial charge in [0.25, 0.3) is 0 Å². The predicted molar refractivity (Wildman–Crippen MR) is 90.6 cm³/mol. The van der Waals surface area contributed by atoms with E-state index >= 15 is 0 Å². The van der Waals surface area contributed by atoms with Crippen LogP contribution in [-0.2, 0) is 11.3 Å². The van der Waals surface area contributed by atoms with Crippen LogP contribution in [0.2, 0.25) is 0 Å². The molecule has 2 atom stereocenters. The highest BCUT2D eigenvalue weighted by Crippen LogP contribution is 2.38. The molecule has 23 heavy (non-hydrogen) atoms. The third kappa shape index (κ3) is 2.65. The fraction of sp³-hybridized carbons (Fsp3) is 0.529. The normalized spacial score (nSPS) is 28.6. The zero-order chi connectivity index (χ0) is 15.9. The number of fused-ring (bicyclic) bond motifs is 2. The van der Waals surface area contributed by atoms with Crippen molar-refractivity contribution in [3.63, 3.8) is 0 Å². The SMILES string of the molecule is O=C(O)[C@]12CCCN[C@@H]1CCN(Cc1nc3ccccc3s1)C2. The number of para-hydroxylation sites is 1. The lowest BCUT2D eigenvalue weighted by atomic mass is 9.70. The second-order valence-electron chi connectivity index (χ2n) is 6.65. The summed E-state index contributed by atoms with van der Waals surface area (Å²) in [6, 6.07) is 8.27. The van der Waals surface area contributed by atoms with Gasteiger partial charge in [-0.05, 0) is 37.9 Å². The fourth-order valence-corrected chi connectivity index (χ4v) is 5.05. The summed E-state index contributed by atoms with van der Waals surface area (Å²) in [6.45, 7) is 3.25. The lowest BCUT2D eigenvalue weighted by Crippen LogP contribution is -2.62. The van der Waals surface area contributed by atoms with Crippen LogP contribution in [-0.4, -0.2) is 46.6 Å². The van der Waals surface area contributed by atoms with Crippen molar-refractivity contribution >= 4 is 27.5 Å². The van der Waals surface area contributed by atoms with E-state index in [9.17, 15) is 9.90 Å². The summed E-state index contributed by atoms with van der Waals surface area (Å²) in [5.41, 5.74) is 0.405. The number of hydrogen-bond acceptors (Lipinski definition) is 5. The predicted octanol–water partition coefficient (Wildman–Crippen LogP) is 2.33. The van der Waals surface area contributed by atoms with Gasteiger partial charge in [-0.15, -0.1) is 11.3 Å². The number of carbonyl (C=O) groups is 1. The number of aromatic nitrogens is 1. The van der Waals surface area contributed by atoms with Crippen LogP contribution in [0.25, 0.3) is 10.2 Å². The summed E-state index contributed by atoms with van der Waals surface area (Å²) in [5, 5.41) is 14.3. The lowest BCUT2D eigenvalue weighted by molar-refractivity contribution is -0.157. The maximum atomic E-state index is 12.0. The number of carboxylic acid groups (broad SMARTS) is 1. The number of hydrogen-bond donors (Lipinski definition) is 2. The summed E-state index contributed by atoms with van der Waals surface area (Å²) in [6.07, 6.45) is 2.62. The Kier molecular flexibility index (Phi) is 3.83. The number of carboxylic acids is 1. The molecule has 0 bridgehead atoms. The number of rotatable bonds is 3. The Labute approximate surface area is 139 Å². The Morgan fingerprint density at radius 2 is 2.35 bits per heavy atom. The van der Waals surface area contributed by atoms with Gasteiger partial charge in [0, 0.05) is 19.1 Å². The minimum Gasteiger partial charge on any atom is -0.481 e. The lowest BCUT2D eigenvalue weighted by Gasteiger charge is -2.48. The zero-order valence-corrected chi connectivity index (χ0v) is 13.8. The molecule has 2 aliphatic heterocycles. The standard InChI is InChI=1S/C17H21N3O2S/c21-16(22)17-7-3-8-18-14(17)6-9-20(11-17)10-15-19-12-4-1-2-5-13(12)23-15/h1-2,4-5,14,18H,3,6-11H2,(H,21,22)/t14-,17+/m1/s1. The Hall–Kier alpha value is -1.50. The van der Waals surface area contributed by atoms with Crippen molar-refractivity contribution in [1.82, 2.24) is 15.2 Å². The van der Waals surface area contributed by atoms with Gasteiger partial charge in [-0.25, -0.2) is 4.98 Å². The molecule has 2 saturated heterocycles. The van der Waals surface area contributed by atoms with Crippen molar-refractivity contribution in [1.29, 1.82) is 0 Å². The first-order valence-electron chi connectivity index (χ1n) is 8.21. The summed E-state index contributed by atoms with van der Waals surface area (Å²) in [4.78, 5) is 18.9. The number of likely N-dealkylation sites (tertiary alicyclic amines) is 1. The number of thiazole rings is 1. The number of piperidine rings is 2. The highest BCUT2D eigenvalue weighted by molar-refractivity contribution is 7.18. The van der Waals surface area contributed by atoms with Crippen LogP contribution >= 0.6 is 11.3 Å². The van der Waals surface area contributed by atoms with Crippen LogP contribution in [0.3, 0.4) is 0 Å². The van der Waals surface area contributed by atoms with Crippen LogP contribution < -0.4 is 5.32 Å². The van der Waals surface area contributed by atoms with E-state index in [-0.39, 0.29) is 6.04 Å². The third-order valence-corrected chi connectivity index (χ3v) is 6.24. The molecule has 3 heterocycles. The van der Waals surface area contributed by atoms with Gasteiger partial charge < -0.3 is 10.4 Å². The molecule has 0 spiro atoms. The van der Waals surface area contributed by atoms with E-state index < -0.39 is 11.4 Å². The van der Waals surface area contributed by atoms with Crippen molar-refractivity contribution in [3.05, 3.63) is 29.3 Å². The first-order valence-corrected chi connectivity index (χ1v) is 9.03. The van der Waals surface area contributed by atoms with Gasteiger partial charge in [0.05, 0.1) is 22.2 Å². The van der Waals surface area contributed by atoms with Crippen molar-refractivity contribution in [2.24, 2.45) is 5.41 Å². The molecule has 2 aliphatic rings. The van der Waals surface area contributed by atoms with Crippen molar-refractivity contribution in [2.45, 2.75) is 31.8 Å². The molecule has 0 saturated carbocycles. The van der Waals surface area contributed by atoms with Gasteiger partial charge in [0.15, 0.2) is 0 Å². The van der Waals surface area contributed by atoms with Crippen molar-refractivity contribution < 1.29 is 9.90 Å². The highest BCUT2D eigenvalue weighted by Gasteiger charge is 2.50. The molecule has 0 amide bonds. The Bertz CT molecular complexity index is 698. The van der Waals surface area contributed by atoms with E-state index in [4.69, 9.17) is 4.98 Å². The zero-order valence-electron chi connectivity index (χ0n) is 13.0. The topological polar surface area (TPSA) is 65.5 Å². The fourth-order valence-electron chi connectivity index (χ4n) is 4.04. The summed E-state index contributed by atoms with van der Waals surface area (Å²) < 4.78 is 1.20. The molecule has 0 unspecified atom stereocenters. The molecule has 1 aromatic carbocycles. The molecule has 0 aliphatic carbocycles. The van der Waals surface area contributed by atoms with Crippen molar-refractivity contribution in [2.75, 3.05) is 19.6 Å². The third-order valence-electron chi connectivity index (χ3n) is 5.22. The summed E-state index contributed by atoms with van der Waals surface area (Å²) >= 11 is 1.71. The van der Waals surface area contributed by atoms with Crippen molar-refractivity contribution in [3.8, 4) is 0 Å². The molecular formula is C17H21N3O2S. The van der Waals surface area contributed by atoms with Crippen LogP contribution in [0.15, 0.2) is 24.3 Å². The molecule has 1 aromatic heterocycles. The van der Waals surface area contributed by atoms with Gasteiger partial charge in [-0.1, -0.05) is 12.1 Å². The molecule has 122 valence electrons. The summed E-state index contributed by atoms with van der Waals surface area (Å²) in [5.74, 6) is -0.649.